The predicted molar refractivity (Wildman–Crippen MR) is 72.3 cm³/mol. The highest BCUT2D eigenvalue weighted by Crippen LogP contribution is 2.41. The number of H-pyrrole nitrogens is 1. The monoisotopic (exact) mass is 241 g/mol. The summed E-state index contributed by atoms with van der Waals surface area (Å²) >= 11 is 0. The van der Waals surface area contributed by atoms with Gasteiger partial charge in [-0.15, -0.1) is 0 Å². The van der Waals surface area contributed by atoms with Gasteiger partial charge in [-0.3, -0.25) is 5.10 Å². The summed E-state index contributed by atoms with van der Waals surface area (Å²) < 4.78 is 0. The Morgan fingerprint density at radius 3 is 2.94 bits per heavy atom. The van der Waals surface area contributed by atoms with Crippen LogP contribution in [0.15, 0.2) is 36.7 Å². The molecule has 1 aromatic carbocycles. The van der Waals surface area contributed by atoms with E-state index in [9.17, 15) is 0 Å². The van der Waals surface area contributed by atoms with Crippen molar-refractivity contribution in [1.29, 1.82) is 0 Å². The van der Waals surface area contributed by atoms with E-state index in [1.807, 2.05) is 12.4 Å². The average molecular weight is 241 g/mol. The zero-order valence-electron chi connectivity index (χ0n) is 10.7. The Hall–Kier alpha value is -1.61. The van der Waals surface area contributed by atoms with Crippen molar-refractivity contribution in [2.24, 2.45) is 0 Å². The molecule has 1 unspecified atom stereocenters. The largest absolute Gasteiger partial charge is 0.306 e. The Labute approximate surface area is 108 Å². The molecular formula is C15H19N3. The number of aromatic nitrogens is 2. The minimum atomic E-state index is 0.330. The Kier molecular flexibility index (Phi) is 3.15. The lowest BCUT2D eigenvalue weighted by atomic mass is 10.0. The van der Waals surface area contributed by atoms with E-state index in [-0.39, 0.29) is 0 Å². The average Bonchev–Trinajstić information content (AvgIpc) is 3.10. The number of nitrogens with one attached hydrogen (secondary N) is 2. The van der Waals surface area contributed by atoms with Crippen LogP contribution in [0.2, 0.25) is 0 Å². The van der Waals surface area contributed by atoms with Gasteiger partial charge >= 0.3 is 0 Å². The third-order valence-electron chi connectivity index (χ3n) is 3.69. The Bertz CT molecular complexity index is 500. The van der Waals surface area contributed by atoms with Gasteiger partial charge in [0.2, 0.25) is 0 Å². The molecule has 0 amide bonds. The van der Waals surface area contributed by atoms with E-state index in [1.54, 1.807) is 0 Å². The Morgan fingerprint density at radius 2 is 2.22 bits per heavy atom. The van der Waals surface area contributed by atoms with Gasteiger partial charge in [0, 0.05) is 24.3 Å². The zero-order valence-corrected chi connectivity index (χ0v) is 10.7. The van der Waals surface area contributed by atoms with Crippen molar-refractivity contribution in [1.82, 2.24) is 15.5 Å². The molecule has 3 nitrogen and oxygen atoms in total. The van der Waals surface area contributed by atoms with Crippen LogP contribution in [-0.4, -0.2) is 10.2 Å². The molecule has 0 spiro atoms. The first kappa shape index (κ1) is 11.5. The molecule has 18 heavy (non-hydrogen) atoms. The molecule has 94 valence electrons. The molecular weight excluding hydrogens is 222 g/mol. The summed E-state index contributed by atoms with van der Waals surface area (Å²) in [5, 5.41) is 10.4. The molecule has 2 N–H and O–H groups in total. The van der Waals surface area contributed by atoms with E-state index in [2.05, 4.69) is 46.7 Å². The van der Waals surface area contributed by atoms with Crippen LogP contribution in [-0.2, 0) is 6.54 Å². The van der Waals surface area contributed by atoms with Gasteiger partial charge in [0.15, 0.2) is 0 Å². The SMILES string of the molecule is CC(NCc1ccccc1C1CC1)c1cn[nH]c1. The molecule has 1 aliphatic rings. The van der Waals surface area contributed by atoms with E-state index in [1.165, 1.54) is 29.5 Å². The first-order valence-corrected chi connectivity index (χ1v) is 6.64. The van der Waals surface area contributed by atoms with Gasteiger partial charge in [-0.25, -0.2) is 0 Å². The maximum atomic E-state index is 3.99. The molecule has 1 saturated carbocycles. The smallest absolute Gasteiger partial charge is 0.0534 e. The number of hydrogen-bond acceptors (Lipinski definition) is 2. The van der Waals surface area contributed by atoms with Gasteiger partial charge in [-0.05, 0) is 36.8 Å². The second-order valence-corrected chi connectivity index (χ2v) is 5.11. The molecule has 0 bridgehead atoms. The fourth-order valence-electron chi connectivity index (χ4n) is 2.37. The molecule has 1 atom stereocenters. The molecule has 0 saturated heterocycles. The van der Waals surface area contributed by atoms with E-state index in [0.717, 1.165) is 12.5 Å². The van der Waals surface area contributed by atoms with Crippen molar-refractivity contribution < 1.29 is 0 Å². The summed E-state index contributed by atoms with van der Waals surface area (Å²) in [5.74, 6) is 0.812. The first-order valence-electron chi connectivity index (χ1n) is 6.64. The van der Waals surface area contributed by atoms with Crippen LogP contribution in [0.3, 0.4) is 0 Å². The number of benzene rings is 1. The molecule has 1 aromatic heterocycles. The first-order chi connectivity index (χ1) is 8.84. The van der Waals surface area contributed by atoms with Crippen LogP contribution in [0.25, 0.3) is 0 Å². The number of hydrogen-bond donors (Lipinski definition) is 2. The van der Waals surface area contributed by atoms with Crippen LogP contribution in [0.1, 0.15) is 48.4 Å². The maximum Gasteiger partial charge on any atom is 0.0534 e. The summed E-state index contributed by atoms with van der Waals surface area (Å²) in [6.07, 6.45) is 6.54. The molecule has 0 aliphatic heterocycles. The summed E-state index contributed by atoms with van der Waals surface area (Å²) in [7, 11) is 0. The zero-order chi connectivity index (χ0) is 12.4. The van der Waals surface area contributed by atoms with E-state index in [0.29, 0.717) is 6.04 Å². The third-order valence-corrected chi connectivity index (χ3v) is 3.69. The van der Waals surface area contributed by atoms with Crippen LogP contribution in [0, 0.1) is 0 Å². The lowest BCUT2D eigenvalue weighted by molar-refractivity contribution is 0.572. The molecule has 0 radical (unpaired) electrons. The van der Waals surface area contributed by atoms with Crippen molar-refractivity contribution in [3.63, 3.8) is 0 Å². The van der Waals surface area contributed by atoms with E-state index < -0.39 is 0 Å². The number of aromatic amines is 1. The third kappa shape index (κ3) is 2.46. The van der Waals surface area contributed by atoms with Crippen molar-refractivity contribution >= 4 is 0 Å². The highest BCUT2D eigenvalue weighted by atomic mass is 15.1. The number of nitrogens with zero attached hydrogens (tertiary/aromatic N) is 1. The summed E-state index contributed by atoms with van der Waals surface area (Å²) in [4.78, 5) is 0. The second kappa shape index (κ2) is 4.94. The van der Waals surface area contributed by atoms with Crippen LogP contribution in [0.4, 0.5) is 0 Å². The summed E-state index contributed by atoms with van der Waals surface area (Å²) in [6, 6.07) is 9.12. The van der Waals surface area contributed by atoms with Crippen molar-refractivity contribution in [3.05, 3.63) is 53.3 Å². The highest BCUT2D eigenvalue weighted by molar-refractivity contribution is 5.33. The standard InChI is InChI=1S/C15H19N3/c1-11(14-9-17-18-10-14)16-8-13-4-2-3-5-15(13)12-6-7-12/h2-5,9-12,16H,6-8H2,1H3,(H,17,18). The van der Waals surface area contributed by atoms with Crippen LogP contribution >= 0.6 is 0 Å². The molecule has 3 heteroatoms. The van der Waals surface area contributed by atoms with Gasteiger partial charge in [-0.1, -0.05) is 24.3 Å². The predicted octanol–water partition coefficient (Wildman–Crippen LogP) is 3.14. The normalized spacial score (nSPS) is 16.7. The van der Waals surface area contributed by atoms with Gasteiger partial charge in [-0.2, -0.15) is 5.10 Å². The Balaban J connectivity index is 1.66. The molecule has 1 aliphatic carbocycles. The fraction of sp³-hybridized carbons (Fsp3) is 0.400. The fourth-order valence-corrected chi connectivity index (χ4v) is 2.37. The van der Waals surface area contributed by atoms with E-state index in [4.69, 9.17) is 0 Å². The van der Waals surface area contributed by atoms with Crippen molar-refractivity contribution in [2.45, 2.75) is 38.3 Å². The van der Waals surface area contributed by atoms with Crippen LogP contribution in [0.5, 0.6) is 0 Å². The highest BCUT2D eigenvalue weighted by Gasteiger charge is 2.25. The molecule has 2 aromatic rings. The number of rotatable bonds is 5. The lowest BCUT2D eigenvalue weighted by Gasteiger charge is -2.14. The van der Waals surface area contributed by atoms with Crippen molar-refractivity contribution in [2.75, 3.05) is 0 Å². The quantitative estimate of drug-likeness (QED) is 0.844. The van der Waals surface area contributed by atoms with Gasteiger partial charge in [0.05, 0.1) is 6.20 Å². The Morgan fingerprint density at radius 1 is 1.39 bits per heavy atom. The van der Waals surface area contributed by atoms with Crippen molar-refractivity contribution in [3.8, 4) is 0 Å². The van der Waals surface area contributed by atoms with Gasteiger partial charge < -0.3 is 5.32 Å². The van der Waals surface area contributed by atoms with E-state index >= 15 is 0 Å². The summed E-state index contributed by atoms with van der Waals surface area (Å²) in [6.45, 7) is 3.10. The van der Waals surface area contributed by atoms with Gasteiger partial charge in [0.1, 0.15) is 0 Å². The van der Waals surface area contributed by atoms with Crippen LogP contribution < -0.4 is 5.32 Å². The minimum Gasteiger partial charge on any atom is -0.306 e. The van der Waals surface area contributed by atoms with Gasteiger partial charge in [0.25, 0.3) is 0 Å². The molecule has 1 heterocycles. The molecule has 3 rings (SSSR count). The second-order valence-electron chi connectivity index (χ2n) is 5.11. The molecule has 1 fully saturated rings. The lowest BCUT2D eigenvalue weighted by Crippen LogP contribution is -2.18. The topological polar surface area (TPSA) is 40.7 Å². The minimum absolute atomic E-state index is 0.330. The summed E-state index contributed by atoms with van der Waals surface area (Å²) in [5.41, 5.74) is 4.18. The maximum absolute atomic E-state index is 3.99.